The summed E-state index contributed by atoms with van der Waals surface area (Å²) < 4.78 is 0. The summed E-state index contributed by atoms with van der Waals surface area (Å²) in [7, 11) is 2.02. The van der Waals surface area contributed by atoms with Crippen LogP contribution < -0.4 is 10.2 Å². The molecule has 2 aromatic rings. The van der Waals surface area contributed by atoms with Gasteiger partial charge in [0.05, 0.1) is 0 Å². The third kappa shape index (κ3) is 3.39. The number of benzene rings is 1. The van der Waals surface area contributed by atoms with Gasteiger partial charge in [0.25, 0.3) is 0 Å². The van der Waals surface area contributed by atoms with Gasteiger partial charge in [0, 0.05) is 30.7 Å². The maximum absolute atomic E-state index is 6.02. The number of hydrogen-bond acceptors (Lipinski definition) is 4. The van der Waals surface area contributed by atoms with E-state index in [1.54, 1.807) is 6.33 Å². The first-order valence-corrected chi connectivity index (χ1v) is 7.00. The van der Waals surface area contributed by atoms with Gasteiger partial charge in [0.15, 0.2) is 0 Å². The van der Waals surface area contributed by atoms with Crippen LogP contribution in [0.4, 0.5) is 11.6 Å². The summed E-state index contributed by atoms with van der Waals surface area (Å²) in [5.74, 6) is 1.81. The van der Waals surface area contributed by atoms with E-state index in [-0.39, 0.29) is 0 Å². The second-order valence-electron chi connectivity index (χ2n) is 4.69. The minimum Gasteiger partial charge on any atom is -0.370 e. The molecule has 106 valence electrons. The van der Waals surface area contributed by atoms with Gasteiger partial charge >= 0.3 is 0 Å². The zero-order valence-electron chi connectivity index (χ0n) is 12.0. The van der Waals surface area contributed by atoms with Crippen molar-refractivity contribution in [2.24, 2.45) is 0 Å². The van der Waals surface area contributed by atoms with Crippen molar-refractivity contribution in [2.45, 2.75) is 20.4 Å². The highest BCUT2D eigenvalue weighted by Crippen LogP contribution is 2.23. The molecule has 0 saturated carbocycles. The Morgan fingerprint density at radius 2 is 2.10 bits per heavy atom. The average molecular weight is 291 g/mol. The summed E-state index contributed by atoms with van der Waals surface area (Å²) in [6.07, 6.45) is 1.59. The molecule has 0 radical (unpaired) electrons. The van der Waals surface area contributed by atoms with Crippen LogP contribution in [0.2, 0.25) is 5.02 Å². The molecule has 0 fully saturated rings. The highest BCUT2D eigenvalue weighted by atomic mass is 35.5. The van der Waals surface area contributed by atoms with Crippen molar-refractivity contribution < 1.29 is 0 Å². The first-order chi connectivity index (χ1) is 9.61. The zero-order chi connectivity index (χ0) is 14.5. The van der Waals surface area contributed by atoms with Crippen molar-refractivity contribution in [1.82, 2.24) is 9.97 Å². The number of rotatable bonds is 5. The van der Waals surface area contributed by atoms with Crippen molar-refractivity contribution in [1.29, 1.82) is 0 Å². The molecule has 0 saturated heterocycles. The van der Waals surface area contributed by atoms with Crippen LogP contribution in [0.15, 0.2) is 30.6 Å². The Bertz CT molecular complexity index is 586. The van der Waals surface area contributed by atoms with Crippen LogP contribution in [-0.4, -0.2) is 23.6 Å². The summed E-state index contributed by atoms with van der Waals surface area (Å²) in [5, 5.41) is 4.00. The van der Waals surface area contributed by atoms with Crippen LogP contribution in [0.5, 0.6) is 0 Å². The molecule has 0 amide bonds. The Labute approximate surface area is 124 Å². The zero-order valence-corrected chi connectivity index (χ0v) is 12.8. The SMILES string of the molecule is CCNc1ncnc(N(C)Cc2cccc(Cl)c2)c1C. The van der Waals surface area contributed by atoms with Gasteiger partial charge in [0.1, 0.15) is 18.0 Å². The summed E-state index contributed by atoms with van der Waals surface area (Å²) in [6, 6.07) is 7.87. The van der Waals surface area contributed by atoms with E-state index < -0.39 is 0 Å². The molecule has 4 nitrogen and oxygen atoms in total. The molecule has 1 aromatic heterocycles. The standard InChI is InChI=1S/C15H19ClN4/c1-4-17-14-11(2)15(19-10-18-14)20(3)9-12-6-5-7-13(16)8-12/h5-8,10H,4,9H2,1-3H3,(H,17,18,19). The molecule has 0 aliphatic heterocycles. The van der Waals surface area contributed by atoms with E-state index >= 15 is 0 Å². The highest BCUT2D eigenvalue weighted by molar-refractivity contribution is 6.30. The van der Waals surface area contributed by atoms with Gasteiger partial charge in [-0.3, -0.25) is 0 Å². The van der Waals surface area contributed by atoms with Crippen molar-refractivity contribution in [2.75, 3.05) is 23.8 Å². The third-order valence-corrected chi connectivity index (χ3v) is 3.31. The van der Waals surface area contributed by atoms with Crippen molar-refractivity contribution in [3.05, 3.63) is 46.7 Å². The van der Waals surface area contributed by atoms with Crippen LogP contribution in [0.25, 0.3) is 0 Å². The number of nitrogens with one attached hydrogen (secondary N) is 1. The van der Waals surface area contributed by atoms with E-state index in [4.69, 9.17) is 11.6 Å². The van der Waals surface area contributed by atoms with Crippen molar-refractivity contribution >= 4 is 23.2 Å². The van der Waals surface area contributed by atoms with Crippen LogP contribution in [0.3, 0.4) is 0 Å². The van der Waals surface area contributed by atoms with Gasteiger partial charge in [-0.2, -0.15) is 0 Å². The molecule has 0 spiro atoms. The number of aromatic nitrogens is 2. The first-order valence-electron chi connectivity index (χ1n) is 6.63. The van der Waals surface area contributed by atoms with Gasteiger partial charge in [-0.1, -0.05) is 23.7 Å². The van der Waals surface area contributed by atoms with E-state index in [2.05, 4.69) is 33.2 Å². The number of anilines is 2. The third-order valence-electron chi connectivity index (χ3n) is 3.07. The lowest BCUT2D eigenvalue weighted by molar-refractivity contribution is 0.882. The number of hydrogen-bond donors (Lipinski definition) is 1. The lowest BCUT2D eigenvalue weighted by Crippen LogP contribution is -2.20. The molecule has 0 aliphatic carbocycles. The summed E-state index contributed by atoms with van der Waals surface area (Å²) >= 11 is 6.02. The molecule has 5 heteroatoms. The van der Waals surface area contributed by atoms with Crippen molar-refractivity contribution in [3.63, 3.8) is 0 Å². The predicted octanol–water partition coefficient (Wildman–Crippen LogP) is 3.51. The monoisotopic (exact) mass is 290 g/mol. The van der Waals surface area contributed by atoms with E-state index in [9.17, 15) is 0 Å². The molecule has 20 heavy (non-hydrogen) atoms. The highest BCUT2D eigenvalue weighted by Gasteiger charge is 2.11. The van der Waals surface area contributed by atoms with Crippen LogP contribution in [0, 0.1) is 6.92 Å². The van der Waals surface area contributed by atoms with Crippen LogP contribution in [-0.2, 0) is 6.54 Å². The number of nitrogens with zero attached hydrogens (tertiary/aromatic N) is 3. The van der Waals surface area contributed by atoms with Gasteiger partial charge in [-0.05, 0) is 31.5 Å². The Kier molecular flexibility index (Phi) is 4.79. The predicted molar refractivity (Wildman–Crippen MR) is 84.5 cm³/mol. The molecule has 2 rings (SSSR count). The minimum atomic E-state index is 0.753. The van der Waals surface area contributed by atoms with Gasteiger partial charge < -0.3 is 10.2 Å². The lowest BCUT2D eigenvalue weighted by atomic mass is 10.2. The first kappa shape index (κ1) is 14.6. The second kappa shape index (κ2) is 6.57. The molecule has 0 unspecified atom stereocenters. The molecule has 1 heterocycles. The average Bonchev–Trinajstić information content (AvgIpc) is 2.41. The van der Waals surface area contributed by atoms with Gasteiger partial charge in [-0.25, -0.2) is 9.97 Å². The lowest BCUT2D eigenvalue weighted by Gasteiger charge is -2.21. The summed E-state index contributed by atoms with van der Waals surface area (Å²) in [6.45, 7) is 5.68. The molecule has 1 aromatic carbocycles. The quantitative estimate of drug-likeness (QED) is 0.915. The van der Waals surface area contributed by atoms with Crippen molar-refractivity contribution in [3.8, 4) is 0 Å². The minimum absolute atomic E-state index is 0.753. The largest absolute Gasteiger partial charge is 0.370 e. The molecule has 1 N–H and O–H groups in total. The molecule has 0 aliphatic rings. The Morgan fingerprint density at radius 1 is 1.30 bits per heavy atom. The molecule has 0 bridgehead atoms. The van der Waals surface area contributed by atoms with Gasteiger partial charge in [0.2, 0.25) is 0 Å². The maximum Gasteiger partial charge on any atom is 0.137 e. The fraction of sp³-hybridized carbons (Fsp3) is 0.333. The van der Waals surface area contributed by atoms with E-state index in [0.717, 1.165) is 40.9 Å². The Balaban J connectivity index is 2.21. The topological polar surface area (TPSA) is 41.1 Å². The maximum atomic E-state index is 6.02. The second-order valence-corrected chi connectivity index (χ2v) is 5.12. The molecule has 0 atom stereocenters. The Hall–Kier alpha value is -1.81. The fourth-order valence-corrected chi connectivity index (χ4v) is 2.37. The van der Waals surface area contributed by atoms with E-state index in [0.29, 0.717) is 0 Å². The van der Waals surface area contributed by atoms with E-state index in [1.807, 2.05) is 32.2 Å². The number of halogens is 1. The Morgan fingerprint density at radius 3 is 2.80 bits per heavy atom. The fourth-order valence-electron chi connectivity index (χ4n) is 2.16. The van der Waals surface area contributed by atoms with Crippen LogP contribution in [0.1, 0.15) is 18.1 Å². The van der Waals surface area contributed by atoms with Gasteiger partial charge in [-0.15, -0.1) is 0 Å². The van der Waals surface area contributed by atoms with Crippen LogP contribution >= 0.6 is 11.6 Å². The summed E-state index contributed by atoms with van der Waals surface area (Å²) in [5.41, 5.74) is 2.21. The van der Waals surface area contributed by atoms with E-state index in [1.165, 1.54) is 0 Å². The smallest absolute Gasteiger partial charge is 0.137 e. The molecular formula is C15H19ClN4. The summed E-state index contributed by atoms with van der Waals surface area (Å²) in [4.78, 5) is 10.7. The normalized spacial score (nSPS) is 10.4. The molecular weight excluding hydrogens is 272 g/mol.